The Bertz CT molecular complexity index is 699. The smallest absolute Gasteiger partial charge is 0.355 e. The van der Waals surface area contributed by atoms with Crippen molar-refractivity contribution in [3.63, 3.8) is 0 Å². The van der Waals surface area contributed by atoms with Gasteiger partial charge in [0.25, 0.3) is 5.91 Å². The lowest BCUT2D eigenvalue weighted by Crippen LogP contribution is -2.40. The van der Waals surface area contributed by atoms with Crippen LogP contribution in [0.15, 0.2) is 35.4 Å². The maximum Gasteiger partial charge on any atom is 0.355 e. The van der Waals surface area contributed by atoms with Gasteiger partial charge >= 0.3 is 5.97 Å². The van der Waals surface area contributed by atoms with Crippen LogP contribution in [0.2, 0.25) is 0 Å². The standard InChI is InChI=1S/C16H18N4O4/c17-14(21)12-8-11(19-20(12)10-4-2-1-3-5-10)16(23)24-13(15(18)22)9-6-7-9/h1-5,9,12-13H,6-8H2,(H2,17,21)(H2,18,22). The summed E-state index contributed by atoms with van der Waals surface area (Å²) in [6.45, 7) is 0. The molecule has 1 saturated carbocycles. The highest BCUT2D eigenvalue weighted by Crippen LogP contribution is 2.34. The summed E-state index contributed by atoms with van der Waals surface area (Å²) in [5.74, 6) is -2.03. The molecular weight excluding hydrogens is 312 g/mol. The number of nitrogens with two attached hydrogens (primary N) is 2. The topological polar surface area (TPSA) is 128 Å². The molecule has 2 atom stereocenters. The highest BCUT2D eigenvalue weighted by molar-refractivity contribution is 6.38. The van der Waals surface area contributed by atoms with Crippen LogP contribution in [-0.2, 0) is 19.1 Å². The Morgan fingerprint density at radius 3 is 2.38 bits per heavy atom. The van der Waals surface area contributed by atoms with Crippen molar-refractivity contribution < 1.29 is 19.1 Å². The number of amides is 2. The van der Waals surface area contributed by atoms with Gasteiger partial charge in [-0.1, -0.05) is 18.2 Å². The minimum Gasteiger partial charge on any atom is -0.447 e. The number of esters is 1. The molecule has 24 heavy (non-hydrogen) atoms. The molecule has 2 amide bonds. The van der Waals surface area contributed by atoms with E-state index >= 15 is 0 Å². The van der Waals surface area contributed by atoms with Crippen molar-refractivity contribution in [2.45, 2.75) is 31.4 Å². The van der Waals surface area contributed by atoms with E-state index in [0.29, 0.717) is 5.69 Å². The van der Waals surface area contributed by atoms with E-state index in [1.165, 1.54) is 5.01 Å². The average Bonchev–Trinajstić information content (AvgIpc) is 3.29. The van der Waals surface area contributed by atoms with Crippen molar-refractivity contribution in [1.82, 2.24) is 0 Å². The quantitative estimate of drug-likeness (QED) is 0.705. The molecule has 1 heterocycles. The molecule has 2 aliphatic rings. The van der Waals surface area contributed by atoms with Gasteiger partial charge in [-0.2, -0.15) is 5.10 Å². The monoisotopic (exact) mass is 330 g/mol. The van der Waals surface area contributed by atoms with E-state index in [-0.39, 0.29) is 18.1 Å². The fraction of sp³-hybridized carbons (Fsp3) is 0.375. The first-order valence-electron chi connectivity index (χ1n) is 7.68. The third-order valence-electron chi connectivity index (χ3n) is 4.06. The van der Waals surface area contributed by atoms with E-state index in [9.17, 15) is 14.4 Å². The molecule has 2 unspecified atom stereocenters. The predicted molar refractivity (Wildman–Crippen MR) is 85.8 cm³/mol. The minimum atomic E-state index is -0.946. The summed E-state index contributed by atoms with van der Waals surface area (Å²) in [6, 6.07) is 8.13. The van der Waals surface area contributed by atoms with Crippen molar-refractivity contribution in [1.29, 1.82) is 0 Å². The lowest BCUT2D eigenvalue weighted by molar-refractivity contribution is -0.149. The number of carbonyl (C=O) groups is 3. The van der Waals surface area contributed by atoms with Crippen LogP contribution in [0.3, 0.4) is 0 Å². The summed E-state index contributed by atoms with van der Waals surface area (Å²) in [6.07, 6.45) is 0.679. The second kappa shape index (κ2) is 6.31. The number of hydrazone groups is 1. The molecule has 0 bridgehead atoms. The van der Waals surface area contributed by atoms with Gasteiger partial charge in [-0.05, 0) is 25.0 Å². The molecule has 3 rings (SSSR count). The van der Waals surface area contributed by atoms with E-state index in [0.717, 1.165) is 12.8 Å². The molecule has 1 aliphatic carbocycles. The number of ether oxygens (including phenoxy) is 1. The SMILES string of the molecule is NC(=O)C(OC(=O)C1=NN(c2ccccc2)C(C(N)=O)C1)C1CC1. The zero-order valence-electron chi connectivity index (χ0n) is 12.9. The third-order valence-corrected chi connectivity index (χ3v) is 4.06. The van der Waals surface area contributed by atoms with E-state index in [1.54, 1.807) is 24.3 Å². The van der Waals surface area contributed by atoms with Gasteiger partial charge in [-0.25, -0.2) is 4.79 Å². The van der Waals surface area contributed by atoms with Crippen LogP contribution in [-0.4, -0.2) is 35.6 Å². The zero-order chi connectivity index (χ0) is 17.3. The van der Waals surface area contributed by atoms with Crippen molar-refractivity contribution in [3.8, 4) is 0 Å². The number of benzene rings is 1. The van der Waals surface area contributed by atoms with Gasteiger partial charge < -0.3 is 16.2 Å². The summed E-state index contributed by atoms with van der Waals surface area (Å²) >= 11 is 0. The van der Waals surface area contributed by atoms with Crippen molar-refractivity contribution in [3.05, 3.63) is 30.3 Å². The van der Waals surface area contributed by atoms with Crippen molar-refractivity contribution >= 4 is 29.2 Å². The Morgan fingerprint density at radius 2 is 1.83 bits per heavy atom. The van der Waals surface area contributed by atoms with Gasteiger partial charge in [0.05, 0.1) is 5.69 Å². The molecule has 1 aliphatic heterocycles. The molecule has 4 N–H and O–H groups in total. The van der Waals surface area contributed by atoms with Gasteiger partial charge in [-0.15, -0.1) is 0 Å². The Balaban J connectivity index is 1.78. The second-order valence-corrected chi connectivity index (χ2v) is 5.91. The van der Waals surface area contributed by atoms with Crippen LogP contribution in [0.5, 0.6) is 0 Å². The van der Waals surface area contributed by atoms with Gasteiger partial charge in [0.1, 0.15) is 11.8 Å². The largest absolute Gasteiger partial charge is 0.447 e. The van der Waals surface area contributed by atoms with Crippen molar-refractivity contribution in [2.75, 3.05) is 5.01 Å². The summed E-state index contributed by atoms with van der Waals surface area (Å²) in [5.41, 5.74) is 11.4. The predicted octanol–water partition coefficient (Wildman–Crippen LogP) is -0.0863. The van der Waals surface area contributed by atoms with E-state index in [1.807, 2.05) is 6.07 Å². The van der Waals surface area contributed by atoms with Crippen LogP contribution in [0.4, 0.5) is 5.69 Å². The van der Waals surface area contributed by atoms with Crippen molar-refractivity contribution in [2.24, 2.45) is 22.5 Å². The third kappa shape index (κ3) is 3.22. The minimum absolute atomic E-state index is 0.0226. The second-order valence-electron chi connectivity index (χ2n) is 5.91. The van der Waals surface area contributed by atoms with Crippen LogP contribution >= 0.6 is 0 Å². The Kier molecular flexibility index (Phi) is 4.20. The first-order valence-corrected chi connectivity index (χ1v) is 7.68. The average molecular weight is 330 g/mol. The van der Waals surface area contributed by atoms with Gasteiger partial charge in [-0.3, -0.25) is 14.6 Å². The Labute approximate surface area is 138 Å². The fourth-order valence-electron chi connectivity index (χ4n) is 2.64. The molecule has 0 spiro atoms. The van der Waals surface area contributed by atoms with Crippen LogP contribution in [0.25, 0.3) is 0 Å². The number of anilines is 1. The van der Waals surface area contributed by atoms with Crippen LogP contribution < -0.4 is 16.5 Å². The van der Waals surface area contributed by atoms with Gasteiger partial charge in [0, 0.05) is 12.3 Å². The molecule has 1 aromatic carbocycles. The molecule has 1 fully saturated rings. The maximum absolute atomic E-state index is 12.3. The maximum atomic E-state index is 12.3. The van der Waals surface area contributed by atoms with E-state index in [4.69, 9.17) is 16.2 Å². The summed E-state index contributed by atoms with van der Waals surface area (Å²) in [7, 11) is 0. The summed E-state index contributed by atoms with van der Waals surface area (Å²) in [4.78, 5) is 35.4. The van der Waals surface area contributed by atoms with E-state index in [2.05, 4.69) is 5.10 Å². The van der Waals surface area contributed by atoms with E-state index < -0.39 is 29.9 Å². The number of para-hydroxylation sites is 1. The highest BCUT2D eigenvalue weighted by Gasteiger charge is 2.41. The van der Waals surface area contributed by atoms with Gasteiger partial charge in [0.15, 0.2) is 6.10 Å². The molecule has 8 heteroatoms. The molecule has 1 aromatic rings. The molecule has 0 radical (unpaired) electrons. The lowest BCUT2D eigenvalue weighted by Gasteiger charge is -2.20. The number of rotatable bonds is 6. The lowest BCUT2D eigenvalue weighted by atomic mass is 10.1. The van der Waals surface area contributed by atoms with Crippen LogP contribution in [0, 0.1) is 5.92 Å². The Hall–Kier alpha value is -2.90. The zero-order valence-corrected chi connectivity index (χ0v) is 12.9. The first kappa shape index (κ1) is 16.0. The number of primary amides is 2. The number of hydrogen-bond donors (Lipinski definition) is 2. The van der Waals surface area contributed by atoms with Crippen LogP contribution in [0.1, 0.15) is 19.3 Å². The summed E-state index contributed by atoms with van der Waals surface area (Å²) < 4.78 is 5.21. The number of hydrogen-bond acceptors (Lipinski definition) is 6. The first-order chi connectivity index (χ1) is 11.5. The number of nitrogens with zero attached hydrogens (tertiary/aromatic N) is 2. The molecule has 0 aromatic heterocycles. The number of carbonyl (C=O) groups excluding carboxylic acids is 3. The molecule has 8 nitrogen and oxygen atoms in total. The normalized spacial score (nSPS) is 21.1. The molecule has 0 saturated heterocycles. The summed E-state index contributed by atoms with van der Waals surface area (Å²) in [5, 5.41) is 5.57. The molecule has 126 valence electrons. The molecular formula is C16H18N4O4. The highest BCUT2D eigenvalue weighted by atomic mass is 16.5. The Morgan fingerprint density at radius 1 is 1.17 bits per heavy atom. The fourth-order valence-corrected chi connectivity index (χ4v) is 2.64. The van der Waals surface area contributed by atoms with Gasteiger partial charge in [0.2, 0.25) is 5.91 Å².